The van der Waals surface area contributed by atoms with Crippen molar-refractivity contribution < 1.29 is 13.2 Å². The lowest BCUT2D eigenvalue weighted by Crippen LogP contribution is -1.98. The Morgan fingerprint density at radius 2 is 1.71 bits per heavy atom. The second kappa shape index (κ2) is 5.29. The van der Waals surface area contributed by atoms with Crippen molar-refractivity contribution in [3.8, 4) is 0 Å². The van der Waals surface area contributed by atoms with Crippen LogP contribution in [0.2, 0.25) is 0 Å². The summed E-state index contributed by atoms with van der Waals surface area (Å²) in [5, 5.41) is 0. The average Bonchev–Trinajstić information content (AvgIpc) is 1.96. The lowest BCUT2D eigenvalue weighted by molar-refractivity contribution is -0.0321. The first-order valence-corrected chi connectivity index (χ1v) is 4.85. The van der Waals surface area contributed by atoms with Crippen LogP contribution in [0.5, 0.6) is 0 Å². The third-order valence-electron chi connectivity index (χ3n) is 1.47. The van der Waals surface area contributed by atoms with Crippen LogP contribution < -0.4 is 0 Å². The molecule has 0 aromatic rings. The Morgan fingerprint density at radius 1 is 1.21 bits per heavy atom. The lowest BCUT2D eigenvalue weighted by atomic mass is 10.1. The maximum atomic E-state index is 11.8. The molecule has 0 amide bonds. The first kappa shape index (κ1) is 13.4. The van der Waals surface area contributed by atoms with Crippen molar-refractivity contribution in [1.82, 2.24) is 0 Å². The molecule has 0 rings (SSSR count). The van der Waals surface area contributed by atoms with E-state index < -0.39 is 5.51 Å². The lowest BCUT2D eigenvalue weighted by Gasteiger charge is -2.05. The van der Waals surface area contributed by atoms with Gasteiger partial charge >= 0.3 is 5.51 Å². The summed E-state index contributed by atoms with van der Waals surface area (Å²) >= 11 is -0.212. The van der Waals surface area contributed by atoms with Gasteiger partial charge in [-0.05, 0) is 23.8 Å². The van der Waals surface area contributed by atoms with E-state index in [-0.39, 0.29) is 22.6 Å². The van der Waals surface area contributed by atoms with Crippen LogP contribution in [0.25, 0.3) is 0 Å². The fourth-order valence-electron chi connectivity index (χ4n) is 0.575. The Morgan fingerprint density at radius 3 is 2.07 bits per heavy atom. The average molecular weight is 222 g/mol. The number of alkyl halides is 3. The molecule has 0 atom stereocenters. The van der Waals surface area contributed by atoms with Gasteiger partial charge in [-0.2, -0.15) is 13.2 Å². The van der Waals surface area contributed by atoms with Gasteiger partial charge in [0.1, 0.15) is 0 Å². The van der Waals surface area contributed by atoms with Crippen LogP contribution in [-0.4, -0.2) is 5.51 Å². The summed E-state index contributed by atoms with van der Waals surface area (Å²) in [6.45, 7) is 10.8. The van der Waals surface area contributed by atoms with Crippen molar-refractivity contribution in [2.45, 2.75) is 19.4 Å². The van der Waals surface area contributed by atoms with Crippen molar-refractivity contribution in [3.63, 3.8) is 0 Å². The number of hydrogen-bond acceptors (Lipinski definition) is 1. The van der Waals surface area contributed by atoms with Gasteiger partial charge < -0.3 is 0 Å². The molecule has 14 heavy (non-hydrogen) atoms. The fraction of sp³-hybridized carbons (Fsp3) is 0.400. The zero-order valence-corrected chi connectivity index (χ0v) is 9.00. The van der Waals surface area contributed by atoms with E-state index >= 15 is 0 Å². The van der Waals surface area contributed by atoms with E-state index in [0.717, 1.165) is 5.57 Å². The highest BCUT2D eigenvalue weighted by molar-refractivity contribution is 8.04. The predicted molar refractivity (Wildman–Crippen MR) is 55.9 cm³/mol. The van der Waals surface area contributed by atoms with E-state index in [2.05, 4.69) is 13.2 Å². The Kier molecular flexibility index (Phi) is 5.05. The minimum atomic E-state index is -4.26. The van der Waals surface area contributed by atoms with Gasteiger partial charge in [0.2, 0.25) is 0 Å². The summed E-state index contributed by atoms with van der Waals surface area (Å²) in [6.07, 6.45) is 2.90. The first-order chi connectivity index (χ1) is 6.22. The van der Waals surface area contributed by atoms with Crippen molar-refractivity contribution in [2.75, 3.05) is 0 Å². The van der Waals surface area contributed by atoms with Crippen LogP contribution in [0.3, 0.4) is 0 Å². The minimum absolute atomic E-state index is 0.0284. The molecule has 0 aliphatic heterocycles. The van der Waals surface area contributed by atoms with Gasteiger partial charge in [0.25, 0.3) is 0 Å². The van der Waals surface area contributed by atoms with Crippen LogP contribution in [-0.2, 0) is 0 Å². The molecule has 0 nitrogen and oxygen atoms in total. The van der Waals surface area contributed by atoms with Crippen molar-refractivity contribution in [2.24, 2.45) is 5.92 Å². The van der Waals surface area contributed by atoms with Crippen LogP contribution in [0, 0.1) is 5.92 Å². The fourth-order valence-corrected chi connectivity index (χ4v) is 1.01. The SMILES string of the molecule is C=C(/C=C\C(=C)C(C)C)SC(F)(F)F. The molecular formula is C10H13F3S. The molecule has 0 saturated heterocycles. The minimum Gasteiger partial charge on any atom is -0.160 e. The molecule has 0 saturated carbocycles. The highest BCUT2D eigenvalue weighted by atomic mass is 32.2. The molecule has 4 heteroatoms. The smallest absolute Gasteiger partial charge is 0.160 e. The second-order valence-corrected chi connectivity index (χ2v) is 4.27. The number of allylic oxidation sites excluding steroid dienone is 3. The summed E-state index contributed by atoms with van der Waals surface area (Å²) in [4.78, 5) is -0.0284. The molecule has 80 valence electrons. The molecule has 0 fully saturated rings. The van der Waals surface area contributed by atoms with E-state index in [4.69, 9.17) is 0 Å². The highest BCUT2D eigenvalue weighted by Crippen LogP contribution is 2.36. The van der Waals surface area contributed by atoms with Gasteiger partial charge in [-0.15, -0.1) is 0 Å². The molecule has 0 aromatic carbocycles. The topological polar surface area (TPSA) is 0 Å². The van der Waals surface area contributed by atoms with Crippen LogP contribution >= 0.6 is 11.8 Å². The van der Waals surface area contributed by atoms with E-state index in [1.807, 2.05) is 13.8 Å². The molecule has 0 aromatic heterocycles. The van der Waals surface area contributed by atoms with Crippen LogP contribution in [0.15, 0.2) is 35.8 Å². The number of thioether (sulfide) groups is 1. The first-order valence-electron chi connectivity index (χ1n) is 4.04. The van der Waals surface area contributed by atoms with Gasteiger partial charge in [-0.1, -0.05) is 38.7 Å². The zero-order chi connectivity index (χ0) is 11.4. The van der Waals surface area contributed by atoms with E-state index in [9.17, 15) is 13.2 Å². The molecule has 0 heterocycles. The molecule has 0 bridgehead atoms. The van der Waals surface area contributed by atoms with Gasteiger partial charge in [-0.3, -0.25) is 0 Å². The number of hydrogen-bond donors (Lipinski definition) is 0. The third kappa shape index (κ3) is 6.83. The summed E-state index contributed by atoms with van der Waals surface area (Å²) in [5.41, 5.74) is -3.48. The van der Waals surface area contributed by atoms with Crippen molar-refractivity contribution in [1.29, 1.82) is 0 Å². The largest absolute Gasteiger partial charge is 0.446 e. The Bertz CT molecular complexity index is 249. The highest BCUT2D eigenvalue weighted by Gasteiger charge is 2.28. The molecule has 0 unspecified atom stereocenters. The molecular weight excluding hydrogens is 209 g/mol. The van der Waals surface area contributed by atoms with E-state index in [1.54, 1.807) is 6.08 Å². The summed E-state index contributed by atoms with van der Waals surface area (Å²) < 4.78 is 35.5. The van der Waals surface area contributed by atoms with Crippen molar-refractivity contribution in [3.05, 3.63) is 35.8 Å². The van der Waals surface area contributed by atoms with Gasteiger partial charge in [0.15, 0.2) is 0 Å². The Hall–Kier alpha value is -0.640. The summed E-state index contributed by atoms with van der Waals surface area (Å²) in [5.74, 6) is 0.231. The van der Waals surface area contributed by atoms with Gasteiger partial charge in [0.05, 0.1) is 0 Å². The van der Waals surface area contributed by atoms with Gasteiger partial charge in [0, 0.05) is 4.91 Å². The molecule has 0 aliphatic rings. The standard InChI is InChI=1S/C10H13F3S/c1-7(2)8(3)5-6-9(4)14-10(11,12)13/h5-7H,3-4H2,1-2H3/b6-5-. The molecule has 0 N–H and O–H groups in total. The molecule has 0 radical (unpaired) electrons. The Balaban J connectivity index is 4.14. The van der Waals surface area contributed by atoms with E-state index in [1.165, 1.54) is 6.08 Å². The zero-order valence-electron chi connectivity index (χ0n) is 8.19. The number of halogens is 3. The van der Waals surface area contributed by atoms with Crippen molar-refractivity contribution >= 4 is 11.8 Å². The van der Waals surface area contributed by atoms with Crippen LogP contribution in [0.1, 0.15) is 13.8 Å². The Labute approximate surface area is 86.6 Å². The second-order valence-electron chi connectivity index (χ2n) is 3.08. The number of rotatable bonds is 4. The molecule has 0 aliphatic carbocycles. The summed E-state index contributed by atoms with van der Waals surface area (Å²) in [6, 6.07) is 0. The maximum Gasteiger partial charge on any atom is 0.446 e. The normalized spacial score (nSPS) is 12.4. The monoisotopic (exact) mass is 222 g/mol. The maximum absolute atomic E-state index is 11.8. The van der Waals surface area contributed by atoms with Crippen LogP contribution in [0.4, 0.5) is 13.2 Å². The third-order valence-corrected chi connectivity index (χ3v) is 2.10. The van der Waals surface area contributed by atoms with Gasteiger partial charge in [-0.25, -0.2) is 0 Å². The quantitative estimate of drug-likeness (QED) is 0.630. The predicted octanol–water partition coefficient (Wildman–Crippen LogP) is 4.52. The van der Waals surface area contributed by atoms with E-state index in [0.29, 0.717) is 0 Å². The molecule has 0 spiro atoms. The summed E-state index contributed by atoms with van der Waals surface area (Å²) in [7, 11) is 0.